The van der Waals surface area contributed by atoms with Crippen LogP contribution in [0, 0.1) is 5.92 Å². The van der Waals surface area contributed by atoms with Crippen LogP contribution < -0.4 is 11.2 Å². The van der Waals surface area contributed by atoms with Crippen molar-refractivity contribution >= 4 is 11.2 Å². The van der Waals surface area contributed by atoms with E-state index in [9.17, 15) is 9.59 Å². The molecule has 1 N–H and O–H groups in total. The van der Waals surface area contributed by atoms with Crippen LogP contribution in [-0.4, -0.2) is 39.3 Å². The van der Waals surface area contributed by atoms with Gasteiger partial charge in [-0.2, -0.15) is 0 Å². The molecule has 0 saturated heterocycles. The minimum Gasteiger partial charge on any atom is -0.318 e. The van der Waals surface area contributed by atoms with Gasteiger partial charge < -0.3 is 4.57 Å². The number of hydrogen-bond acceptors (Lipinski definition) is 6. The first-order chi connectivity index (χ1) is 21.5. The minimum absolute atomic E-state index is 0.189. The van der Waals surface area contributed by atoms with Gasteiger partial charge in [-0.15, -0.1) is 5.10 Å². The van der Waals surface area contributed by atoms with Crippen molar-refractivity contribution < 1.29 is 0 Å². The number of imidazole rings is 1. The van der Waals surface area contributed by atoms with Gasteiger partial charge in [-0.1, -0.05) is 100 Å². The highest BCUT2D eigenvalue weighted by atomic mass is 16.2. The maximum Gasteiger partial charge on any atom is 0.337 e. The number of aromatic amines is 1. The molecule has 0 aliphatic rings. The number of aryl methyl sites for hydroxylation is 1. The van der Waals surface area contributed by atoms with Gasteiger partial charge in [0.15, 0.2) is 17.0 Å². The Hall–Kier alpha value is -5.12. The van der Waals surface area contributed by atoms with Crippen molar-refractivity contribution in [2.75, 3.05) is 0 Å². The van der Waals surface area contributed by atoms with Crippen LogP contribution >= 0.6 is 0 Å². The number of tetrazole rings is 1. The Balaban J connectivity index is 1.48. The van der Waals surface area contributed by atoms with E-state index < -0.39 is 0 Å². The van der Waals surface area contributed by atoms with E-state index in [1.165, 1.54) is 4.57 Å². The second-order valence-electron chi connectivity index (χ2n) is 11.5. The third kappa shape index (κ3) is 5.62. The minimum atomic E-state index is -0.364. The molecule has 0 aliphatic carbocycles. The standard InChI is InChI=1S/C34H36N8O2/c1-4-5-7-16-29-35-32-30(33(43)42(26-12-8-6-9-13-26)34(44)41(32)21-23(2)3)40(29)22-24-17-19-25(20-18-24)27-14-10-11-15-28(27)31-36-38-39-37-31/h6,8-15,17-20,23H,4-5,7,16,21-22H2,1-3H3,(H,36,37,38,39). The Morgan fingerprint density at radius 2 is 1.57 bits per heavy atom. The zero-order valence-electron chi connectivity index (χ0n) is 25.3. The second-order valence-corrected chi connectivity index (χ2v) is 11.5. The van der Waals surface area contributed by atoms with Gasteiger partial charge in [0.05, 0.1) is 5.69 Å². The van der Waals surface area contributed by atoms with E-state index in [1.54, 1.807) is 16.7 Å². The Morgan fingerprint density at radius 3 is 2.25 bits per heavy atom. The number of unbranched alkanes of at least 4 members (excludes halogenated alkanes) is 2. The van der Waals surface area contributed by atoms with Crippen molar-refractivity contribution in [2.45, 2.75) is 59.5 Å². The highest BCUT2D eigenvalue weighted by Gasteiger charge is 2.23. The lowest BCUT2D eigenvalue weighted by molar-refractivity contribution is 0.506. The number of para-hydroxylation sites is 1. The van der Waals surface area contributed by atoms with E-state index in [-0.39, 0.29) is 17.2 Å². The molecule has 0 fully saturated rings. The molecule has 6 aromatic rings. The van der Waals surface area contributed by atoms with Crippen molar-refractivity contribution in [3.8, 4) is 28.2 Å². The van der Waals surface area contributed by atoms with E-state index in [0.717, 1.165) is 53.8 Å². The van der Waals surface area contributed by atoms with Gasteiger partial charge in [0.25, 0.3) is 5.56 Å². The number of benzene rings is 3. The van der Waals surface area contributed by atoms with E-state index >= 15 is 0 Å². The van der Waals surface area contributed by atoms with Crippen LogP contribution in [0.1, 0.15) is 51.4 Å². The van der Waals surface area contributed by atoms with Crippen LogP contribution in [0.25, 0.3) is 39.4 Å². The molecule has 0 saturated carbocycles. The summed E-state index contributed by atoms with van der Waals surface area (Å²) in [6.07, 6.45) is 3.81. The molecule has 3 aromatic heterocycles. The van der Waals surface area contributed by atoms with E-state index in [0.29, 0.717) is 35.8 Å². The first-order valence-electron chi connectivity index (χ1n) is 15.2. The summed E-state index contributed by atoms with van der Waals surface area (Å²) in [7, 11) is 0. The Morgan fingerprint density at radius 1 is 0.841 bits per heavy atom. The van der Waals surface area contributed by atoms with Gasteiger partial charge in [0.2, 0.25) is 0 Å². The van der Waals surface area contributed by atoms with Crippen LogP contribution in [0.2, 0.25) is 0 Å². The molecule has 0 amide bonds. The Kier molecular flexibility index (Phi) is 8.31. The lowest BCUT2D eigenvalue weighted by Gasteiger charge is -2.15. The molecule has 0 aliphatic heterocycles. The predicted molar refractivity (Wildman–Crippen MR) is 172 cm³/mol. The molecule has 3 aromatic carbocycles. The summed E-state index contributed by atoms with van der Waals surface area (Å²) in [5.74, 6) is 1.61. The normalized spacial score (nSPS) is 11.5. The largest absolute Gasteiger partial charge is 0.337 e. The monoisotopic (exact) mass is 588 g/mol. The molecular weight excluding hydrogens is 552 g/mol. The van der Waals surface area contributed by atoms with Crippen LogP contribution in [-0.2, 0) is 19.5 Å². The predicted octanol–water partition coefficient (Wildman–Crippen LogP) is 5.63. The van der Waals surface area contributed by atoms with Crippen molar-refractivity contribution in [3.63, 3.8) is 0 Å². The van der Waals surface area contributed by atoms with Crippen LogP contribution in [0.15, 0.2) is 88.5 Å². The molecule has 0 atom stereocenters. The summed E-state index contributed by atoms with van der Waals surface area (Å²) in [4.78, 5) is 33.0. The fourth-order valence-electron chi connectivity index (χ4n) is 5.70. The first-order valence-corrected chi connectivity index (χ1v) is 15.2. The van der Waals surface area contributed by atoms with Gasteiger partial charge in [0, 0.05) is 25.1 Å². The smallest absolute Gasteiger partial charge is 0.318 e. The third-order valence-electron chi connectivity index (χ3n) is 7.81. The quantitative estimate of drug-likeness (QED) is 0.196. The fourth-order valence-corrected chi connectivity index (χ4v) is 5.70. The summed E-state index contributed by atoms with van der Waals surface area (Å²) < 4.78 is 4.98. The number of hydrogen-bond donors (Lipinski definition) is 1. The maximum absolute atomic E-state index is 14.2. The molecule has 0 unspecified atom stereocenters. The molecule has 10 nitrogen and oxygen atoms in total. The number of fused-ring (bicyclic) bond motifs is 1. The topological polar surface area (TPSA) is 116 Å². The molecule has 44 heavy (non-hydrogen) atoms. The number of nitrogens with zero attached hydrogens (tertiary/aromatic N) is 7. The maximum atomic E-state index is 14.2. The summed E-state index contributed by atoms with van der Waals surface area (Å²) in [6.45, 7) is 7.21. The average Bonchev–Trinajstić information content (AvgIpc) is 3.70. The van der Waals surface area contributed by atoms with Crippen molar-refractivity contribution in [1.82, 2.24) is 39.3 Å². The molecule has 0 bridgehead atoms. The summed E-state index contributed by atoms with van der Waals surface area (Å²) in [5.41, 5.74) is 4.71. The van der Waals surface area contributed by atoms with Crippen molar-refractivity contribution in [1.29, 1.82) is 0 Å². The van der Waals surface area contributed by atoms with Crippen LogP contribution in [0.5, 0.6) is 0 Å². The molecule has 0 radical (unpaired) electrons. The summed E-state index contributed by atoms with van der Waals surface area (Å²) in [6, 6.07) is 25.4. The summed E-state index contributed by atoms with van der Waals surface area (Å²) in [5, 5.41) is 14.4. The molecular formula is C34H36N8O2. The van der Waals surface area contributed by atoms with E-state index in [2.05, 4.69) is 65.7 Å². The van der Waals surface area contributed by atoms with E-state index in [1.807, 2.05) is 47.0 Å². The zero-order valence-corrected chi connectivity index (χ0v) is 25.3. The second kappa shape index (κ2) is 12.6. The van der Waals surface area contributed by atoms with Gasteiger partial charge >= 0.3 is 5.69 Å². The Bertz CT molecular complexity index is 1990. The number of rotatable bonds is 11. The van der Waals surface area contributed by atoms with Crippen LogP contribution in [0.3, 0.4) is 0 Å². The molecule has 6 rings (SSSR count). The highest BCUT2D eigenvalue weighted by molar-refractivity contribution is 5.80. The molecule has 0 spiro atoms. The van der Waals surface area contributed by atoms with Gasteiger partial charge in [-0.05, 0) is 51.6 Å². The first kappa shape index (κ1) is 29.0. The van der Waals surface area contributed by atoms with Crippen molar-refractivity contribution in [2.24, 2.45) is 5.92 Å². The Labute approximate surface area is 255 Å². The molecule has 224 valence electrons. The number of aromatic nitrogens is 8. The lowest BCUT2D eigenvalue weighted by Crippen LogP contribution is -2.40. The van der Waals surface area contributed by atoms with Gasteiger partial charge in [0.1, 0.15) is 5.82 Å². The third-order valence-corrected chi connectivity index (χ3v) is 7.81. The number of nitrogens with one attached hydrogen (secondary N) is 1. The lowest BCUT2D eigenvalue weighted by atomic mass is 9.98. The summed E-state index contributed by atoms with van der Waals surface area (Å²) >= 11 is 0. The average molecular weight is 589 g/mol. The SMILES string of the molecule is CCCCCc1nc2c(c(=O)n(-c3ccccc3)c(=O)n2CC(C)C)n1Cc1ccc(-c2ccccc2-c2nnn[nH]2)cc1. The molecule has 10 heteroatoms. The fraction of sp³-hybridized carbons (Fsp3) is 0.294. The van der Waals surface area contributed by atoms with Gasteiger partial charge in [-0.25, -0.2) is 19.4 Å². The number of H-pyrrole nitrogens is 1. The highest BCUT2D eigenvalue weighted by Crippen LogP contribution is 2.30. The zero-order chi connectivity index (χ0) is 30.6. The molecule has 3 heterocycles. The van der Waals surface area contributed by atoms with Crippen molar-refractivity contribution in [3.05, 3.63) is 111 Å². The van der Waals surface area contributed by atoms with Crippen LogP contribution in [0.4, 0.5) is 0 Å². The van der Waals surface area contributed by atoms with Gasteiger partial charge in [-0.3, -0.25) is 9.36 Å². The van der Waals surface area contributed by atoms with E-state index in [4.69, 9.17) is 4.98 Å².